The van der Waals surface area contributed by atoms with Crippen LogP contribution in [0.15, 0.2) is 33.7 Å². The monoisotopic (exact) mass is 483 g/mol. The van der Waals surface area contributed by atoms with Crippen LogP contribution in [0.4, 0.5) is 13.9 Å². The van der Waals surface area contributed by atoms with Gasteiger partial charge in [0.15, 0.2) is 10.2 Å². The van der Waals surface area contributed by atoms with Crippen molar-refractivity contribution < 1.29 is 13.6 Å². The van der Waals surface area contributed by atoms with E-state index in [0.717, 1.165) is 9.46 Å². The van der Waals surface area contributed by atoms with E-state index < -0.39 is 17.8 Å². The van der Waals surface area contributed by atoms with Crippen molar-refractivity contribution in [2.45, 2.75) is 54.5 Å². The molecule has 2 unspecified atom stereocenters. The van der Waals surface area contributed by atoms with Gasteiger partial charge in [0.1, 0.15) is 0 Å². The van der Waals surface area contributed by atoms with E-state index in [1.807, 2.05) is 13.8 Å². The number of amidine groups is 1. The Labute approximate surface area is 193 Å². The van der Waals surface area contributed by atoms with E-state index in [2.05, 4.69) is 20.6 Å². The van der Waals surface area contributed by atoms with Gasteiger partial charge in [0.05, 0.1) is 5.92 Å². The fourth-order valence-corrected chi connectivity index (χ4v) is 5.67. The first kappa shape index (κ1) is 24.3. The number of anilines is 1. The number of nitrogens with one attached hydrogen (secondary N) is 1. The molecule has 0 bridgehead atoms. The smallest absolute Gasteiger partial charge is 0.248 e. The van der Waals surface area contributed by atoms with Gasteiger partial charge in [-0.3, -0.25) is 10.1 Å². The van der Waals surface area contributed by atoms with Crippen molar-refractivity contribution in [1.29, 1.82) is 0 Å². The summed E-state index contributed by atoms with van der Waals surface area (Å²) in [5, 5.41) is 16.6. The molecular weight excluding hydrogens is 456 g/mol. The molecule has 1 amide bonds. The summed E-state index contributed by atoms with van der Waals surface area (Å²) >= 11 is 2.81. The van der Waals surface area contributed by atoms with E-state index in [-0.39, 0.29) is 31.0 Å². The minimum absolute atomic E-state index is 0.207. The van der Waals surface area contributed by atoms with Crippen LogP contribution in [0.1, 0.15) is 50.2 Å². The van der Waals surface area contributed by atoms with Crippen LogP contribution < -0.4 is 16.9 Å². The number of rotatable bonds is 8. The van der Waals surface area contributed by atoms with Crippen LogP contribution in [0.5, 0.6) is 0 Å². The third-order valence-corrected chi connectivity index (χ3v) is 6.93. The van der Waals surface area contributed by atoms with E-state index >= 15 is 0 Å². The maximum Gasteiger partial charge on any atom is 0.248 e. The number of halogens is 2. The number of benzene rings is 1. The Kier molecular flexibility index (Phi) is 7.67. The number of nitrogens with two attached hydrogens (primary N) is 2. The lowest BCUT2D eigenvalue weighted by Gasteiger charge is -2.23. The van der Waals surface area contributed by atoms with E-state index in [9.17, 15) is 13.6 Å². The largest absolute Gasteiger partial charge is 0.382 e. The molecule has 1 fully saturated rings. The Morgan fingerprint density at radius 1 is 1.34 bits per heavy atom. The fraction of sp³-hybridized carbons (Fsp3) is 0.500. The highest BCUT2D eigenvalue weighted by molar-refractivity contribution is 8.01. The number of amides is 1. The molecule has 1 aromatic carbocycles. The molecule has 0 radical (unpaired) electrons. The summed E-state index contributed by atoms with van der Waals surface area (Å²) in [6.45, 7) is 4.07. The number of nitrogens with zero attached hydrogens (tertiary/aromatic N) is 4. The number of hydrazine groups is 1. The summed E-state index contributed by atoms with van der Waals surface area (Å²) in [6.07, 6.45) is -0.298. The van der Waals surface area contributed by atoms with Gasteiger partial charge in [0.25, 0.3) is 0 Å². The Morgan fingerprint density at radius 2 is 2.03 bits per heavy atom. The highest BCUT2D eigenvalue weighted by atomic mass is 32.2. The first-order chi connectivity index (χ1) is 15.0. The van der Waals surface area contributed by atoms with Crippen molar-refractivity contribution in [2.24, 2.45) is 22.6 Å². The second-order valence-electron chi connectivity index (χ2n) is 8.05. The van der Waals surface area contributed by atoms with Gasteiger partial charge in [-0.15, -0.1) is 15.3 Å². The molecule has 1 saturated carbocycles. The van der Waals surface area contributed by atoms with Crippen LogP contribution in [0.3, 0.4) is 0 Å². The standard InChI is InChI=1S/C20H27F2N7OS2/c1-11(2)31-19-27-26-18(32-19)25-17(30)15(14-8-9-20(21,22)10-14)12-4-6-13(7-5-12)16(23)28-29(3)24/h4-7,11,14-15H,8-10,24H2,1-3H3,(H2,23,28)(H,25,26,30). The molecule has 12 heteroatoms. The summed E-state index contributed by atoms with van der Waals surface area (Å²) < 4.78 is 28.7. The minimum Gasteiger partial charge on any atom is -0.382 e. The molecule has 5 N–H and O–H groups in total. The number of carbonyl (C=O) groups excluding carboxylic acids is 1. The zero-order chi connectivity index (χ0) is 23.5. The van der Waals surface area contributed by atoms with Gasteiger partial charge in [0, 0.05) is 30.7 Å². The first-order valence-electron chi connectivity index (χ1n) is 10.2. The van der Waals surface area contributed by atoms with Gasteiger partial charge in [-0.05, 0) is 17.9 Å². The molecular formula is C20H27F2N7OS2. The normalized spacial score (nSPS) is 19.2. The predicted octanol–water partition coefficient (Wildman–Crippen LogP) is 3.62. The van der Waals surface area contributed by atoms with Crippen LogP contribution in [-0.4, -0.2) is 45.3 Å². The molecule has 0 aliphatic heterocycles. The van der Waals surface area contributed by atoms with Crippen LogP contribution in [0.25, 0.3) is 0 Å². The number of carbonyl (C=O) groups is 1. The molecule has 1 heterocycles. The highest BCUT2D eigenvalue weighted by Crippen LogP contribution is 2.46. The number of hydrogen-bond acceptors (Lipinski definition) is 8. The average Bonchev–Trinajstić information content (AvgIpc) is 3.27. The third-order valence-electron chi connectivity index (χ3n) is 5.00. The Hall–Kier alpha value is -2.31. The van der Waals surface area contributed by atoms with E-state index in [1.165, 1.54) is 11.3 Å². The number of aromatic nitrogens is 2. The van der Waals surface area contributed by atoms with Crippen LogP contribution in [0, 0.1) is 5.92 Å². The Morgan fingerprint density at radius 3 is 2.59 bits per heavy atom. The topological polar surface area (TPSA) is 123 Å². The average molecular weight is 484 g/mol. The van der Waals surface area contributed by atoms with Crippen molar-refractivity contribution >= 4 is 40.0 Å². The van der Waals surface area contributed by atoms with Crippen molar-refractivity contribution in [3.05, 3.63) is 35.4 Å². The highest BCUT2D eigenvalue weighted by Gasteiger charge is 2.45. The summed E-state index contributed by atoms with van der Waals surface area (Å²) in [5.74, 6) is 1.31. The molecule has 8 nitrogen and oxygen atoms in total. The summed E-state index contributed by atoms with van der Waals surface area (Å²) in [4.78, 5) is 13.2. The molecule has 2 atom stereocenters. The summed E-state index contributed by atoms with van der Waals surface area (Å²) in [7, 11) is 1.54. The number of hydrazone groups is 1. The molecule has 1 aromatic heterocycles. The number of alkyl halides is 2. The predicted molar refractivity (Wildman–Crippen MR) is 124 cm³/mol. The lowest BCUT2D eigenvalue weighted by atomic mass is 9.83. The van der Waals surface area contributed by atoms with Crippen LogP contribution >= 0.6 is 23.1 Å². The first-order valence-corrected chi connectivity index (χ1v) is 11.9. The number of thioether (sulfide) groups is 1. The molecule has 174 valence electrons. The second kappa shape index (κ2) is 10.1. The lowest BCUT2D eigenvalue weighted by Crippen LogP contribution is -2.28. The zero-order valence-corrected chi connectivity index (χ0v) is 19.7. The van der Waals surface area contributed by atoms with Crippen LogP contribution in [0.2, 0.25) is 0 Å². The van der Waals surface area contributed by atoms with Gasteiger partial charge < -0.3 is 5.73 Å². The Bertz CT molecular complexity index is 963. The Balaban J connectivity index is 1.84. The van der Waals surface area contributed by atoms with E-state index in [0.29, 0.717) is 21.5 Å². The lowest BCUT2D eigenvalue weighted by molar-refractivity contribution is -0.118. The third kappa shape index (κ3) is 6.36. The maximum absolute atomic E-state index is 14.0. The van der Waals surface area contributed by atoms with Crippen molar-refractivity contribution in [3.8, 4) is 0 Å². The van der Waals surface area contributed by atoms with E-state index in [1.54, 1.807) is 43.1 Å². The second-order valence-corrected chi connectivity index (χ2v) is 10.8. The maximum atomic E-state index is 14.0. The molecule has 1 aliphatic carbocycles. The van der Waals surface area contributed by atoms with Gasteiger partial charge in [-0.2, -0.15) is 0 Å². The molecule has 2 aromatic rings. The van der Waals surface area contributed by atoms with E-state index in [4.69, 9.17) is 11.6 Å². The quantitative estimate of drug-likeness (QED) is 0.131. The summed E-state index contributed by atoms with van der Waals surface area (Å²) in [5.41, 5.74) is 7.15. The fourth-order valence-electron chi connectivity index (χ4n) is 3.69. The minimum atomic E-state index is -2.77. The van der Waals surface area contributed by atoms with Gasteiger partial charge in [0.2, 0.25) is 17.0 Å². The van der Waals surface area contributed by atoms with Crippen molar-refractivity contribution in [2.75, 3.05) is 12.4 Å². The molecule has 1 aliphatic rings. The number of hydrogen-bond donors (Lipinski definition) is 3. The molecule has 0 spiro atoms. The summed E-state index contributed by atoms with van der Waals surface area (Å²) in [6, 6.07) is 6.84. The molecule has 3 rings (SSSR count). The SMILES string of the molecule is CC(C)Sc1nnc(NC(=O)C(c2ccc(/C(N)=N/N(C)N)cc2)C2CCC(F)(F)C2)s1. The van der Waals surface area contributed by atoms with Crippen LogP contribution in [-0.2, 0) is 4.79 Å². The molecule has 32 heavy (non-hydrogen) atoms. The van der Waals surface area contributed by atoms with Crippen molar-refractivity contribution in [1.82, 2.24) is 15.3 Å². The molecule has 0 saturated heterocycles. The van der Waals surface area contributed by atoms with Gasteiger partial charge in [-0.25, -0.2) is 19.7 Å². The zero-order valence-electron chi connectivity index (χ0n) is 18.1. The van der Waals surface area contributed by atoms with Gasteiger partial charge >= 0.3 is 0 Å². The van der Waals surface area contributed by atoms with Crippen molar-refractivity contribution in [3.63, 3.8) is 0 Å². The van der Waals surface area contributed by atoms with Gasteiger partial charge in [-0.1, -0.05) is 61.2 Å².